The van der Waals surface area contributed by atoms with Crippen LogP contribution in [-0.2, 0) is 14.8 Å². The Morgan fingerprint density at radius 2 is 1.88 bits per heavy atom. The maximum absolute atomic E-state index is 13.3. The third-order valence-corrected chi connectivity index (χ3v) is 6.83. The highest BCUT2D eigenvalue weighted by atomic mass is 32.2. The fourth-order valence-corrected chi connectivity index (χ4v) is 4.39. The van der Waals surface area contributed by atoms with E-state index in [1.807, 2.05) is 13.8 Å². The summed E-state index contributed by atoms with van der Waals surface area (Å²) in [6.45, 7) is 4.35. The van der Waals surface area contributed by atoms with Crippen molar-refractivity contribution < 1.29 is 22.0 Å². The molecule has 1 aliphatic heterocycles. The average Bonchev–Trinajstić information content (AvgIpc) is 2.62. The minimum atomic E-state index is -3.89. The first kappa shape index (κ1) is 19.8. The van der Waals surface area contributed by atoms with E-state index in [9.17, 15) is 22.0 Å². The van der Waals surface area contributed by atoms with E-state index >= 15 is 0 Å². The van der Waals surface area contributed by atoms with E-state index in [4.69, 9.17) is 0 Å². The second-order valence-corrected chi connectivity index (χ2v) is 8.40. The predicted octanol–water partition coefficient (Wildman–Crippen LogP) is 2.62. The monoisotopic (exact) mass is 374 g/mol. The molecule has 1 amide bonds. The minimum Gasteiger partial charge on any atom is -0.343 e. The molecule has 1 aromatic rings. The van der Waals surface area contributed by atoms with Crippen molar-refractivity contribution in [1.82, 2.24) is 9.21 Å². The predicted molar refractivity (Wildman–Crippen MR) is 90.4 cm³/mol. The first-order chi connectivity index (χ1) is 11.7. The number of hydrogen-bond acceptors (Lipinski definition) is 3. The van der Waals surface area contributed by atoms with Crippen LogP contribution < -0.4 is 0 Å². The molecular formula is C17H24F2N2O3S. The molecule has 25 heavy (non-hydrogen) atoms. The van der Waals surface area contributed by atoms with Crippen LogP contribution in [0.2, 0.25) is 0 Å². The lowest BCUT2D eigenvalue weighted by Crippen LogP contribution is -2.45. The number of amides is 1. The first-order valence-electron chi connectivity index (χ1n) is 8.40. The maximum Gasteiger partial charge on any atom is 0.243 e. The van der Waals surface area contributed by atoms with Gasteiger partial charge < -0.3 is 4.90 Å². The van der Waals surface area contributed by atoms with Gasteiger partial charge in [0, 0.05) is 32.1 Å². The van der Waals surface area contributed by atoms with Gasteiger partial charge in [0.25, 0.3) is 0 Å². The summed E-state index contributed by atoms with van der Waals surface area (Å²) in [6, 6.07) is 2.69. The number of benzene rings is 1. The van der Waals surface area contributed by atoms with Crippen LogP contribution in [0.1, 0.15) is 33.1 Å². The van der Waals surface area contributed by atoms with E-state index in [1.54, 1.807) is 11.9 Å². The maximum atomic E-state index is 13.3. The van der Waals surface area contributed by atoms with Gasteiger partial charge in [0.1, 0.15) is 0 Å². The fourth-order valence-electron chi connectivity index (χ4n) is 2.91. The number of carbonyl (C=O) groups excluding carboxylic acids is 1. The molecule has 1 aromatic carbocycles. The van der Waals surface area contributed by atoms with Gasteiger partial charge in [0.15, 0.2) is 11.6 Å². The highest BCUT2D eigenvalue weighted by Crippen LogP contribution is 2.26. The number of rotatable bonds is 5. The normalized spacial score (nSPS) is 18.1. The molecular weight excluding hydrogens is 350 g/mol. The lowest BCUT2D eigenvalue weighted by atomic mass is 9.96. The van der Waals surface area contributed by atoms with Crippen molar-refractivity contribution in [3.8, 4) is 0 Å². The van der Waals surface area contributed by atoms with Crippen molar-refractivity contribution in [2.75, 3.05) is 20.1 Å². The zero-order valence-electron chi connectivity index (χ0n) is 14.7. The van der Waals surface area contributed by atoms with Gasteiger partial charge in [-0.1, -0.05) is 6.92 Å². The number of sulfonamides is 1. The van der Waals surface area contributed by atoms with Crippen LogP contribution in [0, 0.1) is 17.6 Å². The Morgan fingerprint density at radius 1 is 1.28 bits per heavy atom. The lowest BCUT2D eigenvalue weighted by molar-refractivity contribution is -0.137. The number of carbonyl (C=O) groups is 1. The second-order valence-electron chi connectivity index (χ2n) is 6.46. The molecule has 0 bridgehead atoms. The van der Waals surface area contributed by atoms with Crippen LogP contribution in [0.15, 0.2) is 23.1 Å². The summed E-state index contributed by atoms with van der Waals surface area (Å²) in [7, 11) is -2.13. The smallest absolute Gasteiger partial charge is 0.243 e. The van der Waals surface area contributed by atoms with Crippen molar-refractivity contribution in [3.05, 3.63) is 29.8 Å². The third-order valence-electron chi connectivity index (χ3n) is 4.93. The van der Waals surface area contributed by atoms with Crippen LogP contribution in [-0.4, -0.2) is 49.7 Å². The topological polar surface area (TPSA) is 57.7 Å². The van der Waals surface area contributed by atoms with E-state index < -0.39 is 21.7 Å². The van der Waals surface area contributed by atoms with E-state index in [-0.39, 0.29) is 35.9 Å². The molecule has 0 radical (unpaired) electrons. The molecule has 0 N–H and O–H groups in total. The van der Waals surface area contributed by atoms with Gasteiger partial charge in [-0.15, -0.1) is 0 Å². The number of hydrogen-bond donors (Lipinski definition) is 0. The molecule has 2 rings (SSSR count). The molecule has 1 aliphatic rings. The molecule has 1 heterocycles. The Hall–Kier alpha value is -1.54. The second kappa shape index (κ2) is 7.78. The van der Waals surface area contributed by atoms with Crippen molar-refractivity contribution >= 4 is 15.9 Å². The minimum absolute atomic E-state index is 0.0271. The summed E-state index contributed by atoms with van der Waals surface area (Å²) in [5.41, 5.74) is 0. The van der Waals surface area contributed by atoms with Crippen molar-refractivity contribution in [1.29, 1.82) is 0 Å². The fraction of sp³-hybridized carbons (Fsp3) is 0.588. The molecule has 0 aromatic heterocycles. The van der Waals surface area contributed by atoms with E-state index in [0.717, 1.165) is 18.6 Å². The molecule has 1 unspecified atom stereocenters. The van der Waals surface area contributed by atoms with Gasteiger partial charge >= 0.3 is 0 Å². The van der Waals surface area contributed by atoms with Crippen LogP contribution in [0.3, 0.4) is 0 Å². The zero-order valence-corrected chi connectivity index (χ0v) is 15.5. The van der Waals surface area contributed by atoms with Gasteiger partial charge in [-0.25, -0.2) is 17.2 Å². The number of nitrogens with zero attached hydrogens (tertiary/aromatic N) is 2. The Morgan fingerprint density at radius 3 is 2.40 bits per heavy atom. The van der Waals surface area contributed by atoms with E-state index in [0.29, 0.717) is 18.9 Å². The molecule has 1 fully saturated rings. The molecule has 1 saturated heterocycles. The van der Waals surface area contributed by atoms with Gasteiger partial charge in [0.05, 0.1) is 4.90 Å². The molecule has 0 aliphatic carbocycles. The largest absolute Gasteiger partial charge is 0.343 e. The van der Waals surface area contributed by atoms with Crippen molar-refractivity contribution in [2.24, 2.45) is 5.92 Å². The summed E-state index contributed by atoms with van der Waals surface area (Å²) < 4.78 is 52.7. The van der Waals surface area contributed by atoms with Gasteiger partial charge in [0.2, 0.25) is 15.9 Å². The Labute approximate surface area is 147 Å². The average molecular weight is 374 g/mol. The molecule has 140 valence electrons. The summed E-state index contributed by atoms with van der Waals surface area (Å²) in [4.78, 5) is 13.9. The van der Waals surface area contributed by atoms with Gasteiger partial charge in [-0.3, -0.25) is 4.79 Å². The number of piperidine rings is 1. The summed E-state index contributed by atoms with van der Waals surface area (Å²) in [5.74, 6) is -2.47. The summed E-state index contributed by atoms with van der Waals surface area (Å²) >= 11 is 0. The lowest BCUT2D eigenvalue weighted by Gasteiger charge is -2.34. The third kappa shape index (κ3) is 4.17. The number of halogens is 2. The Kier molecular flexibility index (Phi) is 6.16. The molecule has 5 nitrogen and oxygen atoms in total. The summed E-state index contributed by atoms with van der Waals surface area (Å²) in [6.07, 6.45) is 1.69. The first-order valence-corrected chi connectivity index (χ1v) is 9.84. The molecule has 0 saturated carbocycles. The van der Waals surface area contributed by atoms with E-state index in [1.165, 1.54) is 4.31 Å². The van der Waals surface area contributed by atoms with Gasteiger partial charge in [-0.2, -0.15) is 4.31 Å². The van der Waals surface area contributed by atoms with Crippen LogP contribution in [0.5, 0.6) is 0 Å². The highest BCUT2D eigenvalue weighted by Gasteiger charge is 2.34. The van der Waals surface area contributed by atoms with Gasteiger partial charge in [-0.05, 0) is 44.4 Å². The van der Waals surface area contributed by atoms with Crippen molar-refractivity contribution in [2.45, 2.75) is 44.0 Å². The van der Waals surface area contributed by atoms with Crippen LogP contribution in [0.4, 0.5) is 8.78 Å². The zero-order chi connectivity index (χ0) is 18.8. The Balaban J connectivity index is 2.06. The standard InChI is InChI=1S/C17H24F2N2O3S/c1-4-12(2)20(3)17(22)13-7-9-21(10-8-13)25(23,24)14-5-6-15(18)16(19)11-14/h5-6,11-13H,4,7-10H2,1-3H3. The Bertz CT molecular complexity index is 731. The molecule has 0 spiro atoms. The SMILES string of the molecule is CCC(C)N(C)C(=O)C1CCN(S(=O)(=O)c2ccc(F)c(F)c2)CC1. The quantitative estimate of drug-likeness (QED) is 0.796. The van der Waals surface area contributed by atoms with Crippen LogP contribution >= 0.6 is 0 Å². The van der Waals surface area contributed by atoms with Crippen molar-refractivity contribution in [3.63, 3.8) is 0 Å². The molecule has 8 heteroatoms. The van der Waals surface area contributed by atoms with E-state index in [2.05, 4.69) is 0 Å². The molecule has 1 atom stereocenters. The summed E-state index contributed by atoms with van der Waals surface area (Å²) in [5, 5.41) is 0. The highest BCUT2D eigenvalue weighted by molar-refractivity contribution is 7.89. The van der Waals surface area contributed by atoms with Crippen LogP contribution in [0.25, 0.3) is 0 Å².